The molecule has 0 unspecified atom stereocenters. The molecule has 0 radical (unpaired) electrons. The fraction of sp³-hybridized carbons (Fsp3) is 0.233. The van der Waals surface area contributed by atoms with Gasteiger partial charge in [-0.05, 0) is 56.0 Å². The van der Waals surface area contributed by atoms with E-state index in [1.54, 1.807) is 17.0 Å². The molecule has 1 aliphatic carbocycles. The quantitative estimate of drug-likeness (QED) is 0.232. The summed E-state index contributed by atoms with van der Waals surface area (Å²) in [6.45, 7) is 2.80. The topological polar surface area (TPSA) is 76.5 Å². The lowest BCUT2D eigenvalue weighted by molar-refractivity contribution is -0.117. The number of benzene rings is 3. The first-order chi connectivity index (χ1) is 18.9. The molecule has 39 heavy (non-hydrogen) atoms. The zero-order valence-electron chi connectivity index (χ0n) is 21.4. The van der Waals surface area contributed by atoms with Gasteiger partial charge < -0.3 is 9.64 Å². The molecule has 1 N–H and O–H groups in total. The van der Waals surface area contributed by atoms with Crippen LogP contribution in [0.1, 0.15) is 30.1 Å². The molecule has 4 aromatic rings. The average molecular weight is 563 g/mol. The van der Waals surface area contributed by atoms with Crippen LogP contribution in [0.2, 0.25) is 10.0 Å². The number of carbonyl (C=O) groups excluding carboxylic acids is 2. The molecule has 1 aliphatic rings. The number of nitrogens with zero attached hydrogens (tertiary/aromatic N) is 3. The summed E-state index contributed by atoms with van der Waals surface area (Å²) in [7, 11) is 0. The van der Waals surface area contributed by atoms with E-state index >= 15 is 0 Å². The van der Waals surface area contributed by atoms with Gasteiger partial charge in [-0.3, -0.25) is 19.5 Å². The minimum Gasteiger partial charge on any atom is -0.494 e. The van der Waals surface area contributed by atoms with Crippen LogP contribution in [0.25, 0.3) is 16.9 Å². The van der Waals surface area contributed by atoms with Crippen LogP contribution in [-0.4, -0.2) is 46.0 Å². The van der Waals surface area contributed by atoms with Gasteiger partial charge in [0.15, 0.2) is 0 Å². The lowest BCUT2D eigenvalue weighted by Crippen LogP contribution is -2.39. The molecule has 0 aliphatic heterocycles. The third-order valence-corrected chi connectivity index (χ3v) is 6.94. The summed E-state index contributed by atoms with van der Waals surface area (Å²) in [6, 6.07) is 22.0. The van der Waals surface area contributed by atoms with E-state index in [0.29, 0.717) is 47.0 Å². The molecule has 1 heterocycles. The second-order valence-corrected chi connectivity index (χ2v) is 10.3. The number of anilines is 1. The molecule has 1 aromatic heterocycles. The zero-order chi connectivity index (χ0) is 27.4. The molecule has 2 amide bonds. The molecule has 1 fully saturated rings. The van der Waals surface area contributed by atoms with Gasteiger partial charge in [0, 0.05) is 29.4 Å². The van der Waals surface area contributed by atoms with Crippen LogP contribution in [0.3, 0.4) is 0 Å². The fourth-order valence-corrected chi connectivity index (χ4v) is 4.79. The largest absolute Gasteiger partial charge is 0.494 e. The third kappa shape index (κ3) is 6.61. The summed E-state index contributed by atoms with van der Waals surface area (Å²) >= 11 is 12.3. The minimum atomic E-state index is -0.360. The molecule has 0 saturated heterocycles. The first-order valence-corrected chi connectivity index (χ1v) is 13.6. The van der Waals surface area contributed by atoms with Gasteiger partial charge in [0.25, 0.3) is 5.91 Å². The standard InChI is InChI=1S/C30H28Cl2N4O3/c1-2-39-24-10-6-9-23(16-24)36-18-27(21-7-4-3-5-8-21)33-30(36)34-28(37)19-35(17-20-11-12-20)29(38)25-14-13-22(31)15-26(25)32/h3-10,13-16,18,20H,2,11-12,17,19H2,1H3,(H,33,34,37). The van der Waals surface area contributed by atoms with Gasteiger partial charge >= 0.3 is 0 Å². The van der Waals surface area contributed by atoms with E-state index in [-0.39, 0.29) is 23.4 Å². The van der Waals surface area contributed by atoms with Gasteiger partial charge in [0.05, 0.1) is 28.6 Å². The Hall–Kier alpha value is -3.81. The molecule has 7 nitrogen and oxygen atoms in total. The number of nitrogens with one attached hydrogen (secondary N) is 1. The summed E-state index contributed by atoms with van der Waals surface area (Å²) in [5.41, 5.74) is 2.71. The maximum atomic E-state index is 13.4. The van der Waals surface area contributed by atoms with E-state index in [2.05, 4.69) is 5.32 Å². The van der Waals surface area contributed by atoms with Crippen molar-refractivity contribution in [3.63, 3.8) is 0 Å². The molecule has 5 rings (SSSR count). The van der Waals surface area contributed by atoms with Crippen molar-refractivity contribution in [1.29, 1.82) is 0 Å². The van der Waals surface area contributed by atoms with Crippen LogP contribution in [0.5, 0.6) is 5.75 Å². The molecule has 0 spiro atoms. The number of carbonyl (C=O) groups is 2. The predicted molar refractivity (Wildman–Crippen MR) is 154 cm³/mol. The maximum Gasteiger partial charge on any atom is 0.255 e. The second-order valence-electron chi connectivity index (χ2n) is 9.42. The normalized spacial score (nSPS) is 12.7. The number of aromatic nitrogens is 2. The van der Waals surface area contributed by atoms with Crippen molar-refractivity contribution in [2.45, 2.75) is 19.8 Å². The Labute approximate surface area is 237 Å². The smallest absolute Gasteiger partial charge is 0.255 e. The van der Waals surface area contributed by atoms with Crippen LogP contribution >= 0.6 is 23.2 Å². The zero-order valence-corrected chi connectivity index (χ0v) is 23.0. The first-order valence-electron chi connectivity index (χ1n) is 12.8. The number of hydrogen-bond donors (Lipinski definition) is 1. The lowest BCUT2D eigenvalue weighted by Gasteiger charge is -2.23. The molecule has 200 valence electrons. The molecule has 9 heteroatoms. The van der Waals surface area contributed by atoms with Crippen molar-refractivity contribution < 1.29 is 14.3 Å². The van der Waals surface area contributed by atoms with E-state index < -0.39 is 0 Å². The van der Waals surface area contributed by atoms with Crippen LogP contribution < -0.4 is 10.1 Å². The highest BCUT2D eigenvalue weighted by Crippen LogP contribution is 2.31. The lowest BCUT2D eigenvalue weighted by atomic mass is 10.2. The van der Waals surface area contributed by atoms with Crippen LogP contribution in [-0.2, 0) is 4.79 Å². The average Bonchev–Trinajstić information content (AvgIpc) is 3.65. The Bertz CT molecular complexity index is 1480. The molecular weight excluding hydrogens is 535 g/mol. The summed E-state index contributed by atoms with van der Waals surface area (Å²) < 4.78 is 7.49. The predicted octanol–water partition coefficient (Wildman–Crippen LogP) is 6.74. The molecule has 1 saturated carbocycles. The first kappa shape index (κ1) is 26.8. The van der Waals surface area contributed by atoms with E-state index in [9.17, 15) is 9.59 Å². The van der Waals surface area contributed by atoms with E-state index in [4.69, 9.17) is 32.9 Å². The van der Waals surface area contributed by atoms with Gasteiger partial charge in [-0.1, -0.05) is 59.6 Å². The van der Waals surface area contributed by atoms with Crippen LogP contribution in [0.15, 0.2) is 79.0 Å². The summed E-state index contributed by atoms with van der Waals surface area (Å²) in [5, 5.41) is 3.63. The third-order valence-electron chi connectivity index (χ3n) is 6.39. The number of imidazole rings is 1. The highest BCUT2D eigenvalue weighted by Gasteiger charge is 2.30. The number of halogens is 2. The van der Waals surface area contributed by atoms with Crippen molar-refractivity contribution in [2.75, 3.05) is 25.0 Å². The van der Waals surface area contributed by atoms with Crippen LogP contribution in [0, 0.1) is 5.92 Å². The van der Waals surface area contributed by atoms with Crippen molar-refractivity contribution in [3.8, 4) is 22.7 Å². The SMILES string of the molecule is CCOc1cccc(-n2cc(-c3ccccc3)nc2NC(=O)CN(CC2CC2)C(=O)c2ccc(Cl)cc2Cl)c1. The number of ether oxygens (including phenoxy) is 1. The highest BCUT2D eigenvalue weighted by atomic mass is 35.5. The van der Waals surface area contributed by atoms with Crippen molar-refractivity contribution in [1.82, 2.24) is 14.5 Å². The number of hydrogen-bond acceptors (Lipinski definition) is 4. The van der Waals surface area contributed by atoms with Crippen molar-refractivity contribution in [3.05, 3.63) is 94.6 Å². The van der Waals surface area contributed by atoms with Gasteiger partial charge in [0.2, 0.25) is 11.9 Å². The molecule has 3 aromatic carbocycles. The summed E-state index contributed by atoms with van der Waals surface area (Å²) in [5.74, 6) is 0.762. The highest BCUT2D eigenvalue weighted by molar-refractivity contribution is 6.36. The van der Waals surface area contributed by atoms with E-state index in [1.807, 2.05) is 72.3 Å². The summed E-state index contributed by atoms with van der Waals surface area (Å²) in [4.78, 5) is 33.0. The van der Waals surface area contributed by atoms with Gasteiger partial charge in [-0.15, -0.1) is 0 Å². The van der Waals surface area contributed by atoms with Crippen molar-refractivity contribution in [2.24, 2.45) is 5.92 Å². The molecular formula is C30H28Cl2N4O3. The van der Waals surface area contributed by atoms with Crippen molar-refractivity contribution >= 4 is 41.0 Å². The van der Waals surface area contributed by atoms with Gasteiger partial charge in [-0.25, -0.2) is 4.98 Å². The van der Waals surface area contributed by atoms with E-state index in [1.165, 1.54) is 6.07 Å². The molecule has 0 bridgehead atoms. The Kier molecular flexibility index (Phi) is 8.19. The Morgan fingerprint density at radius 2 is 1.85 bits per heavy atom. The minimum absolute atomic E-state index is 0.138. The van der Waals surface area contributed by atoms with E-state index in [0.717, 1.165) is 24.1 Å². The van der Waals surface area contributed by atoms with Crippen LogP contribution in [0.4, 0.5) is 5.95 Å². The van der Waals surface area contributed by atoms with Gasteiger partial charge in [-0.2, -0.15) is 0 Å². The fourth-order valence-electron chi connectivity index (χ4n) is 4.31. The monoisotopic (exact) mass is 562 g/mol. The molecule has 0 atom stereocenters. The summed E-state index contributed by atoms with van der Waals surface area (Å²) in [6.07, 6.45) is 3.93. The Morgan fingerprint density at radius 1 is 1.05 bits per heavy atom. The Morgan fingerprint density at radius 3 is 2.56 bits per heavy atom. The number of amides is 2. The van der Waals surface area contributed by atoms with Gasteiger partial charge in [0.1, 0.15) is 12.3 Å². The number of rotatable bonds is 10. The second kappa shape index (κ2) is 11.9. The maximum absolute atomic E-state index is 13.4. The Balaban J connectivity index is 1.42.